The molecule has 1 aliphatic rings. The van der Waals surface area contributed by atoms with Crippen molar-refractivity contribution in [1.82, 2.24) is 10.2 Å². The highest BCUT2D eigenvalue weighted by atomic mass is 127. The molecular formula is C18H30IN3O. The molecule has 0 saturated carbocycles. The second kappa shape index (κ2) is 9.47. The third kappa shape index (κ3) is 6.67. The van der Waals surface area contributed by atoms with Gasteiger partial charge < -0.3 is 15.3 Å². The number of aliphatic imine (C=N–C) groups is 1. The number of nitrogens with one attached hydrogen (secondary N) is 1. The van der Waals surface area contributed by atoms with E-state index in [0.29, 0.717) is 6.54 Å². The summed E-state index contributed by atoms with van der Waals surface area (Å²) in [5.74, 6) is 0.931. The van der Waals surface area contributed by atoms with Gasteiger partial charge in [-0.25, -0.2) is 0 Å². The number of halogens is 1. The van der Waals surface area contributed by atoms with Crippen molar-refractivity contribution in [3.8, 4) is 0 Å². The summed E-state index contributed by atoms with van der Waals surface area (Å²) in [7, 11) is 0. The number of guanidine groups is 1. The van der Waals surface area contributed by atoms with Gasteiger partial charge in [0.1, 0.15) is 0 Å². The topological polar surface area (TPSA) is 47.9 Å². The molecule has 1 aliphatic heterocycles. The minimum Gasteiger partial charge on any atom is -0.391 e. The predicted molar refractivity (Wildman–Crippen MR) is 108 cm³/mol. The molecule has 0 spiro atoms. The second-order valence-electron chi connectivity index (χ2n) is 6.89. The number of aliphatic hydroxyl groups excluding tert-OH is 1. The van der Waals surface area contributed by atoms with Crippen LogP contribution in [0.5, 0.6) is 0 Å². The zero-order chi connectivity index (χ0) is 16.0. The number of likely N-dealkylation sites (tertiary alicyclic amines) is 1. The standard InChI is InChI=1S/C18H29N3O.HI/c1-4-19-17(21-11-10-16(22)13-21)20-14-18(2,3)12-15-8-6-5-7-9-15;/h5-9,16,22H,4,10-14H2,1-3H3,(H,19,20);1H/t16-;/m1./s1. The van der Waals surface area contributed by atoms with E-state index in [9.17, 15) is 5.11 Å². The highest BCUT2D eigenvalue weighted by Crippen LogP contribution is 2.22. The van der Waals surface area contributed by atoms with Crippen LogP contribution in [0.4, 0.5) is 0 Å². The van der Waals surface area contributed by atoms with E-state index >= 15 is 0 Å². The van der Waals surface area contributed by atoms with Crippen molar-refractivity contribution in [3.63, 3.8) is 0 Å². The van der Waals surface area contributed by atoms with Gasteiger partial charge in [-0.05, 0) is 30.7 Å². The van der Waals surface area contributed by atoms with Gasteiger partial charge in [0.05, 0.1) is 6.10 Å². The van der Waals surface area contributed by atoms with Gasteiger partial charge in [-0.3, -0.25) is 4.99 Å². The van der Waals surface area contributed by atoms with Gasteiger partial charge in [0.2, 0.25) is 0 Å². The van der Waals surface area contributed by atoms with Crippen LogP contribution in [0.1, 0.15) is 32.8 Å². The maximum atomic E-state index is 9.72. The van der Waals surface area contributed by atoms with Crippen LogP contribution < -0.4 is 5.32 Å². The Hall–Kier alpha value is -0.820. The van der Waals surface area contributed by atoms with E-state index in [1.807, 2.05) is 0 Å². The Morgan fingerprint density at radius 3 is 2.61 bits per heavy atom. The van der Waals surface area contributed by atoms with E-state index in [4.69, 9.17) is 4.99 Å². The van der Waals surface area contributed by atoms with E-state index < -0.39 is 0 Å². The Labute approximate surface area is 157 Å². The molecule has 1 aromatic rings. The van der Waals surface area contributed by atoms with E-state index in [-0.39, 0.29) is 35.5 Å². The SMILES string of the molecule is CCNC(=NCC(C)(C)Cc1ccccc1)N1CC[C@@H](O)C1.I. The number of hydrogen-bond acceptors (Lipinski definition) is 2. The van der Waals surface area contributed by atoms with E-state index in [1.165, 1.54) is 5.56 Å². The van der Waals surface area contributed by atoms with Crippen LogP contribution in [0.3, 0.4) is 0 Å². The molecule has 5 heteroatoms. The molecule has 1 aromatic carbocycles. The first kappa shape index (κ1) is 20.2. The third-order valence-electron chi connectivity index (χ3n) is 3.98. The largest absolute Gasteiger partial charge is 0.391 e. The molecule has 0 aromatic heterocycles. The van der Waals surface area contributed by atoms with E-state index in [1.54, 1.807) is 0 Å². The molecule has 0 aliphatic carbocycles. The average Bonchev–Trinajstić information content (AvgIpc) is 2.90. The van der Waals surface area contributed by atoms with Crippen molar-refractivity contribution in [1.29, 1.82) is 0 Å². The fraction of sp³-hybridized carbons (Fsp3) is 0.611. The number of aliphatic hydroxyl groups is 1. The summed E-state index contributed by atoms with van der Waals surface area (Å²) in [6, 6.07) is 10.6. The summed E-state index contributed by atoms with van der Waals surface area (Å²) in [6.45, 7) is 9.79. The lowest BCUT2D eigenvalue weighted by Crippen LogP contribution is -2.41. The van der Waals surface area contributed by atoms with Gasteiger partial charge in [-0.15, -0.1) is 24.0 Å². The van der Waals surface area contributed by atoms with E-state index in [2.05, 4.69) is 61.3 Å². The molecule has 1 heterocycles. The zero-order valence-electron chi connectivity index (χ0n) is 14.5. The van der Waals surface area contributed by atoms with Crippen molar-refractivity contribution in [2.75, 3.05) is 26.2 Å². The Kier molecular flexibility index (Phi) is 8.33. The van der Waals surface area contributed by atoms with Crippen molar-refractivity contribution in [2.24, 2.45) is 10.4 Å². The van der Waals surface area contributed by atoms with Crippen LogP contribution in [-0.2, 0) is 6.42 Å². The Morgan fingerprint density at radius 2 is 2.04 bits per heavy atom. The zero-order valence-corrected chi connectivity index (χ0v) is 16.8. The molecule has 1 fully saturated rings. The molecule has 2 N–H and O–H groups in total. The molecule has 1 atom stereocenters. The van der Waals surface area contributed by atoms with Gasteiger partial charge in [0.15, 0.2) is 5.96 Å². The third-order valence-corrected chi connectivity index (χ3v) is 3.98. The quantitative estimate of drug-likeness (QED) is 0.428. The molecular weight excluding hydrogens is 401 g/mol. The number of nitrogens with zero attached hydrogens (tertiary/aromatic N) is 2. The highest BCUT2D eigenvalue weighted by Gasteiger charge is 2.24. The lowest BCUT2D eigenvalue weighted by Gasteiger charge is -2.26. The second-order valence-corrected chi connectivity index (χ2v) is 6.89. The van der Waals surface area contributed by atoms with Crippen LogP contribution in [0.2, 0.25) is 0 Å². The summed E-state index contributed by atoms with van der Waals surface area (Å²) in [4.78, 5) is 6.98. The van der Waals surface area contributed by atoms with Crippen LogP contribution in [-0.4, -0.2) is 48.2 Å². The van der Waals surface area contributed by atoms with Gasteiger partial charge in [0.25, 0.3) is 0 Å². The molecule has 130 valence electrons. The van der Waals surface area contributed by atoms with Gasteiger partial charge in [-0.2, -0.15) is 0 Å². The summed E-state index contributed by atoms with van der Waals surface area (Å²) < 4.78 is 0. The first-order valence-corrected chi connectivity index (χ1v) is 8.25. The molecule has 0 radical (unpaired) electrons. The van der Waals surface area contributed by atoms with Crippen molar-refractivity contribution in [2.45, 2.75) is 39.7 Å². The highest BCUT2D eigenvalue weighted by molar-refractivity contribution is 14.0. The molecule has 0 amide bonds. The van der Waals surface area contributed by atoms with Gasteiger partial charge in [-0.1, -0.05) is 44.2 Å². The molecule has 0 unspecified atom stereocenters. The monoisotopic (exact) mass is 431 g/mol. The van der Waals surface area contributed by atoms with Crippen LogP contribution in [0.25, 0.3) is 0 Å². The maximum absolute atomic E-state index is 9.72. The first-order chi connectivity index (χ1) is 10.5. The normalized spacial score (nSPS) is 18.7. The van der Waals surface area contributed by atoms with Crippen LogP contribution in [0, 0.1) is 5.41 Å². The molecule has 2 rings (SSSR count). The Bertz CT molecular complexity index is 490. The minimum atomic E-state index is -0.221. The molecule has 23 heavy (non-hydrogen) atoms. The number of rotatable bonds is 5. The van der Waals surface area contributed by atoms with Crippen LogP contribution >= 0.6 is 24.0 Å². The number of benzene rings is 1. The molecule has 0 bridgehead atoms. The fourth-order valence-electron chi connectivity index (χ4n) is 2.85. The summed E-state index contributed by atoms with van der Waals surface area (Å²) in [6.07, 6.45) is 1.62. The number of hydrogen-bond donors (Lipinski definition) is 2. The Morgan fingerprint density at radius 1 is 1.35 bits per heavy atom. The smallest absolute Gasteiger partial charge is 0.194 e. The van der Waals surface area contributed by atoms with Crippen molar-refractivity contribution < 1.29 is 5.11 Å². The fourth-order valence-corrected chi connectivity index (χ4v) is 2.85. The predicted octanol–water partition coefficient (Wildman–Crippen LogP) is 2.91. The average molecular weight is 431 g/mol. The lowest BCUT2D eigenvalue weighted by atomic mass is 9.86. The first-order valence-electron chi connectivity index (χ1n) is 8.25. The van der Waals surface area contributed by atoms with Gasteiger partial charge >= 0.3 is 0 Å². The van der Waals surface area contributed by atoms with Gasteiger partial charge in [0, 0.05) is 26.2 Å². The summed E-state index contributed by atoms with van der Waals surface area (Å²) >= 11 is 0. The number of β-amino-alcohol motifs (C(OH)–C–C–N with tert-alkyl or cyclic N) is 1. The van der Waals surface area contributed by atoms with Crippen molar-refractivity contribution >= 4 is 29.9 Å². The summed E-state index contributed by atoms with van der Waals surface area (Å²) in [5.41, 5.74) is 1.46. The molecule has 1 saturated heterocycles. The van der Waals surface area contributed by atoms with Crippen LogP contribution in [0.15, 0.2) is 35.3 Å². The lowest BCUT2D eigenvalue weighted by molar-refractivity contribution is 0.187. The minimum absolute atomic E-state index is 0. The summed E-state index contributed by atoms with van der Waals surface area (Å²) in [5, 5.41) is 13.1. The maximum Gasteiger partial charge on any atom is 0.194 e. The van der Waals surface area contributed by atoms with E-state index in [0.717, 1.165) is 38.4 Å². The van der Waals surface area contributed by atoms with Crippen molar-refractivity contribution in [3.05, 3.63) is 35.9 Å². The Balaban J connectivity index is 0.00000264. The molecule has 4 nitrogen and oxygen atoms in total.